The Kier molecular flexibility index (Phi) is 4.66. The van der Waals surface area contributed by atoms with Crippen LogP contribution in [-0.4, -0.2) is 48.9 Å². The van der Waals surface area contributed by atoms with E-state index in [2.05, 4.69) is 54.0 Å². The molecule has 1 fully saturated rings. The van der Waals surface area contributed by atoms with Gasteiger partial charge >= 0.3 is 0 Å². The molecule has 0 saturated carbocycles. The van der Waals surface area contributed by atoms with E-state index in [9.17, 15) is 4.79 Å². The Morgan fingerprint density at radius 3 is 2.65 bits per heavy atom. The van der Waals surface area contributed by atoms with Crippen molar-refractivity contribution in [3.05, 3.63) is 59.5 Å². The Bertz CT molecular complexity index is 916. The van der Waals surface area contributed by atoms with E-state index in [0.29, 0.717) is 6.04 Å². The fraction of sp³-hybridized carbons (Fsp3) is 0.286. The highest BCUT2D eigenvalue weighted by atomic mass is 32.1. The summed E-state index contributed by atoms with van der Waals surface area (Å²) < 4.78 is 1.27. The second-order valence-electron chi connectivity index (χ2n) is 7.01. The lowest BCUT2D eigenvalue weighted by Crippen LogP contribution is -2.34. The molecule has 1 amide bonds. The van der Waals surface area contributed by atoms with Crippen LogP contribution in [0.5, 0.6) is 0 Å². The average molecular weight is 366 g/mol. The highest BCUT2D eigenvalue weighted by Crippen LogP contribution is 2.32. The van der Waals surface area contributed by atoms with Crippen molar-refractivity contribution in [3.63, 3.8) is 0 Å². The Morgan fingerprint density at radius 1 is 1.15 bits per heavy atom. The van der Waals surface area contributed by atoms with Gasteiger partial charge in [0, 0.05) is 45.8 Å². The van der Waals surface area contributed by atoms with Crippen molar-refractivity contribution in [2.75, 3.05) is 32.5 Å². The van der Waals surface area contributed by atoms with Crippen LogP contribution in [-0.2, 0) is 0 Å². The highest BCUT2D eigenvalue weighted by molar-refractivity contribution is 7.17. The minimum Gasteiger partial charge on any atom is -0.354 e. The highest BCUT2D eigenvalue weighted by Gasteiger charge is 2.27. The Labute approximate surface area is 158 Å². The molecule has 1 aliphatic heterocycles. The molecule has 2 heterocycles. The van der Waals surface area contributed by atoms with Gasteiger partial charge in [-0.05, 0) is 50.8 Å². The molecule has 0 bridgehead atoms. The SMILES string of the molecule is CN(C)C1CCN(C(=O)c2ccc(Nc3csc4ccccc34)cc2)C1. The first-order chi connectivity index (χ1) is 12.6. The summed E-state index contributed by atoms with van der Waals surface area (Å²) in [7, 11) is 4.15. The quantitative estimate of drug-likeness (QED) is 0.743. The monoisotopic (exact) mass is 365 g/mol. The van der Waals surface area contributed by atoms with Gasteiger partial charge in [-0.15, -0.1) is 11.3 Å². The number of thiophene rings is 1. The molecular formula is C21H23N3OS. The van der Waals surface area contributed by atoms with Crippen molar-refractivity contribution in [1.29, 1.82) is 0 Å². The molecule has 1 aliphatic rings. The zero-order chi connectivity index (χ0) is 18.1. The number of rotatable bonds is 4. The van der Waals surface area contributed by atoms with Gasteiger partial charge < -0.3 is 15.1 Å². The van der Waals surface area contributed by atoms with E-state index in [1.165, 1.54) is 10.1 Å². The van der Waals surface area contributed by atoms with Gasteiger partial charge in [0.1, 0.15) is 0 Å². The number of likely N-dealkylation sites (tertiary alicyclic amines) is 1. The number of nitrogens with one attached hydrogen (secondary N) is 1. The third kappa shape index (κ3) is 3.32. The Morgan fingerprint density at radius 2 is 1.92 bits per heavy atom. The van der Waals surface area contributed by atoms with Gasteiger partial charge in [-0.25, -0.2) is 0 Å². The van der Waals surface area contributed by atoms with Gasteiger partial charge in [0.15, 0.2) is 0 Å². The van der Waals surface area contributed by atoms with E-state index < -0.39 is 0 Å². The van der Waals surface area contributed by atoms with Crippen molar-refractivity contribution in [2.45, 2.75) is 12.5 Å². The minimum absolute atomic E-state index is 0.127. The van der Waals surface area contributed by atoms with E-state index in [0.717, 1.165) is 36.4 Å². The number of carbonyl (C=O) groups is 1. The fourth-order valence-electron chi connectivity index (χ4n) is 3.46. The molecule has 134 valence electrons. The van der Waals surface area contributed by atoms with Crippen LogP contribution >= 0.6 is 11.3 Å². The molecule has 1 aromatic heterocycles. The van der Waals surface area contributed by atoms with E-state index in [1.807, 2.05) is 29.2 Å². The summed E-state index contributed by atoms with van der Waals surface area (Å²) >= 11 is 1.73. The lowest BCUT2D eigenvalue weighted by molar-refractivity contribution is 0.0783. The van der Waals surface area contributed by atoms with Crippen molar-refractivity contribution in [1.82, 2.24) is 9.80 Å². The second-order valence-corrected chi connectivity index (χ2v) is 7.92. The Hall–Kier alpha value is -2.37. The average Bonchev–Trinajstić information content (AvgIpc) is 3.30. The largest absolute Gasteiger partial charge is 0.354 e. The van der Waals surface area contributed by atoms with Gasteiger partial charge in [-0.1, -0.05) is 18.2 Å². The van der Waals surface area contributed by atoms with Crippen LogP contribution in [0, 0.1) is 0 Å². The predicted octanol–water partition coefficient (Wildman–Crippen LogP) is 4.42. The molecule has 0 radical (unpaired) electrons. The van der Waals surface area contributed by atoms with Crippen molar-refractivity contribution < 1.29 is 4.79 Å². The number of carbonyl (C=O) groups excluding carboxylic acids is 1. The van der Waals surface area contributed by atoms with Crippen LogP contribution in [0.1, 0.15) is 16.8 Å². The number of amides is 1. The van der Waals surface area contributed by atoms with Gasteiger partial charge in [0.05, 0.1) is 5.69 Å². The summed E-state index contributed by atoms with van der Waals surface area (Å²) in [5.74, 6) is 0.127. The zero-order valence-corrected chi connectivity index (χ0v) is 15.9. The minimum atomic E-state index is 0.127. The molecule has 2 aromatic carbocycles. The number of benzene rings is 2. The molecule has 5 heteroatoms. The number of hydrogen-bond acceptors (Lipinski definition) is 4. The van der Waals surface area contributed by atoms with Crippen molar-refractivity contribution >= 4 is 38.7 Å². The van der Waals surface area contributed by atoms with Crippen molar-refractivity contribution in [2.24, 2.45) is 0 Å². The molecule has 1 atom stereocenters. The molecule has 3 aromatic rings. The number of anilines is 2. The zero-order valence-electron chi connectivity index (χ0n) is 15.1. The van der Waals surface area contributed by atoms with Gasteiger partial charge in [-0.3, -0.25) is 4.79 Å². The van der Waals surface area contributed by atoms with Crippen LogP contribution < -0.4 is 5.32 Å². The van der Waals surface area contributed by atoms with Crippen LogP contribution in [0.4, 0.5) is 11.4 Å². The first-order valence-corrected chi connectivity index (χ1v) is 9.79. The first kappa shape index (κ1) is 17.1. The normalized spacial score (nSPS) is 17.2. The summed E-state index contributed by atoms with van der Waals surface area (Å²) in [6, 6.07) is 16.6. The molecule has 0 aliphatic carbocycles. The van der Waals surface area contributed by atoms with E-state index in [1.54, 1.807) is 11.3 Å². The van der Waals surface area contributed by atoms with Gasteiger partial charge in [-0.2, -0.15) is 0 Å². The lowest BCUT2D eigenvalue weighted by atomic mass is 10.1. The first-order valence-electron chi connectivity index (χ1n) is 8.91. The number of nitrogens with zero attached hydrogens (tertiary/aromatic N) is 2. The second kappa shape index (κ2) is 7.09. The molecule has 26 heavy (non-hydrogen) atoms. The molecule has 1 N–H and O–H groups in total. The number of likely N-dealkylation sites (N-methyl/N-ethyl adjacent to an activating group) is 1. The summed E-state index contributed by atoms with van der Waals surface area (Å²) in [5.41, 5.74) is 2.86. The van der Waals surface area contributed by atoms with Crippen LogP contribution in [0.15, 0.2) is 53.9 Å². The third-order valence-electron chi connectivity index (χ3n) is 5.07. The van der Waals surface area contributed by atoms with E-state index in [4.69, 9.17) is 0 Å². The van der Waals surface area contributed by atoms with E-state index in [-0.39, 0.29) is 5.91 Å². The van der Waals surface area contributed by atoms with Crippen LogP contribution in [0.25, 0.3) is 10.1 Å². The summed E-state index contributed by atoms with van der Waals surface area (Å²) in [4.78, 5) is 16.9. The summed E-state index contributed by atoms with van der Waals surface area (Å²) in [5, 5.41) is 6.82. The number of fused-ring (bicyclic) bond motifs is 1. The molecule has 4 rings (SSSR count). The standard InChI is InChI=1S/C21H23N3OS/c1-23(2)17-11-12-24(13-17)21(25)15-7-9-16(10-8-15)22-19-14-26-20-6-4-3-5-18(19)20/h3-10,14,17,22H,11-13H2,1-2H3. The van der Waals surface area contributed by atoms with Crippen LogP contribution in [0.3, 0.4) is 0 Å². The lowest BCUT2D eigenvalue weighted by Gasteiger charge is -2.20. The maximum absolute atomic E-state index is 12.7. The Balaban J connectivity index is 1.46. The summed E-state index contributed by atoms with van der Waals surface area (Å²) in [6.45, 7) is 1.65. The topological polar surface area (TPSA) is 35.6 Å². The smallest absolute Gasteiger partial charge is 0.253 e. The van der Waals surface area contributed by atoms with Crippen LogP contribution in [0.2, 0.25) is 0 Å². The maximum Gasteiger partial charge on any atom is 0.253 e. The fourth-order valence-corrected chi connectivity index (χ4v) is 4.35. The third-order valence-corrected chi connectivity index (χ3v) is 6.04. The summed E-state index contributed by atoms with van der Waals surface area (Å²) in [6.07, 6.45) is 1.05. The van der Waals surface area contributed by atoms with E-state index >= 15 is 0 Å². The van der Waals surface area contributed by atoms with Crippen molar-refractivity contribution in [3.8, 4) is 0 Å². The predicted molar refractivity (Wildman–Crippen MR) is 110 cm³/mol. The van der Waals surface area contributed by atoms with Gasteiger partial charge in [0.25, 0.3) is 5.91 Å². The molecule has 0 spiro atoms. The maximum atomic E-state index is 12.7. The molecular weight excluding hydrogens is 342 g/mol. The molecule has 1 saturated heterocycles. The van der Waals surface area contributed by atoms with Gasteiger partial charge in [0.2, 0.25) is 0 Å². The molecule has 1 unspecified atom stereocenters. The molecule has 4 nitrogen and oxygen atoms in total. The number of hydrogen-bond donors (Lipinski definition) is 1.